The number of nitrogens with zero attached hydrogens (tertiary/aromatic N) is 3. The molecule has 13 heteroatoms. The van der Waals surface area contributed by atoms with Crippen molar-refractivity contribution in [3.8, 4) is 0 Å². The van der Waals surface area contributed by atoms with Crippen molar-refractivity contribution in [1.29, 1.82) is 0 Å². The number of rotatable bonds is 6. The highest BCUT2D eigenvalue weighted by Gasteiger charge is 2.40. The number of ether oxygens (including phenoxy) is 1. The van der Waals surface area contributed by atoms with Crippen LogP contribution in [0.4, 0.5) is 30.7 Å². The van der Waals surface area contributed by atoms with Gasteiger partial charge in [0.1, 0.15) is 11.6 Å². The summed E-state index contributed by atoms with van der Waals surface area (Å²) in [5, 5.41) is 6.57. The number of carbonyl (C=O) groups excluding carboxylic acids is 1. The summed E-state index contributed by atoms with van der Waals surface area (Å²) in [5.74, 6) is -0.550. The van der Waals surface area contributed by atoms with Crippen molar-refractivity contribution in [2.24, 2.45) is 0 Å². The van der Waals surface area contributed by atoms with E-state index in [1.54, 1.807) is 6.92 Å². The fourth-order valence-electron chi connectivity index (χ4n) is 4.42. The smallest absolute Gasteiger partial charge is 0.368 e. The largest absolute Gasteiger partial charge is 0.416 e. The second-order valence-electron chi connectivity index (χ2n) is 9.13. The zero-order valence-corrected chi connectivity index (χ0v) is 20.2. The molecule has 0 saturated carbocycles. The van der Waals surface area contributed by atoms with Gasteiger partial charge < -0.3 is 9.64 Å². The van der Waals surface area contributed by atoms with E-state index in [-0.39, 0.29) is 42.9 Å². The predicted molar refractivity (Wildman–Crippen MR) is 120 cm³/mol. The van der Waals surface area contributed by atoms with Crippen LogP contribution in [0.2, 0.25) is 0 Å². The van der Waals surface area contributed by atoms with Gasteiger partial charge >= 0.3 is 12.4 Å². The molecule has 2 heterocycles. The van der Waals surface area contributed by atoms with Gasteiger partial charge in [0, 0.05) is 19.0 Å². The topological polar surface area (TPSA) is 71.1 Å². The molecule has 3 aromatic rings. The number of benzene rings is 2. The monoisotopic (exact) mass is 544 g/mol. The van der Waals surface area contributed by atoms with E-state index in [2.05, 4.69) is 15.2 Å². The average Bonchev–Trinajstić information content (AvgIpc) is 3.44. The molecule has 0 aliphatic carbocycles. The quantitative estimate of drug-likeness (QED) is 0.410. The van der Waals surface area contributed by atoms with Crippen molar-refractivity contribution in [2.45, 2.75) is 50.7 Å². The Labute approximate surface area is 212 Å². The summed E-state index contributed by atoms with van der Waals surface area (Å²) in [6.07, 6.45) is -12.1. The third-order valence-electron chi connectivity index (χ3n) is 6.33. The highest BCUT2D eigenvalue weighted by molar-refractivity contribution is 5.78. The lowest BCUT2D eigenvalue weighted by molar-refractivity contribution is -0.143. The maximum atomic E-state index is 13.5. The van der Waals surface area contributed by atoms with Gasteiger partial charge in [-0.2, -0.15) is 31.4 Å². The molecule has 204 valence electrons. The molecule has 3 unspecified atom stereocenters. The summed E-state index contributed by atoms with van der Waals surface area (Å²) in [7, 11) is 0. The van der Waals surface area contributed by atoms with Crippen molar-refractivity contribution in [3.05, 3.63) is 82.2 Å². The minimum absolute atomic E-state index is 0.0136. The lowest BCUT2D eigenvalue weighted by Crippen LogP contribution is -2.32. The lowest BCUT2D eigenvalue weighted by atomic mass is 9.95. The normalized spacial score (nSPS) is 19.1. The second kappa shape index (κ2) is 10.4. The Morgan fingerprint density at radius 3 is 2.18 bits per heavy atom. The third-order valence-corrected chi connectivity index (χ3v) is 6.33. The van der Waals surface area contributed by atoms with E-state index in [0.717, 1.165) is 0 Å². The zero-order valence-electron chi connectivity index (χ0n) is 20.2. The minimum Gasteiger partial charge on any atom is -0.368 e. The Kier molecular flexibility index (Phi) is 7.51. The SMILES string of the molecule is Cc1nc(CC(=O)N2CC(OC(C)c3cc(C(F)(F)F)cc(C(F)(F)F)c3)C(c3ccc(F)cc3)C2)n[nH]1. The Morgan fingerprint density at radius 2 is 1.66 bits per heavy atom. The van der Waals surface area contributed by atoms with Gasteiger partial charge in [-0.3, -0.25) is 9.89 Å². The van der Waals surface area contributed by atoms with Crippen LogP contribution in [0.1, 0.15) is 52.8 Å². The van der Waals surface area contributed by atoms with Crippen molar-refractivity contribution < 1.29 is 40.3 Å². The molecular formula is C25H23F7N4O2. The summed E-state index contributed by atoms with van der Waals surface area (Å²) in [5.41, 5.74) is -2.60. The van der Waals surface area contributed by atoms with E-state index < -0.39 is 47.4 Å². The molecule has 1 amide bonds. The van der Waals surface area contributed by atoms with E-state index >= 15 is 0 Å². The van der Waals surface area contributed by atoms with Crippen molar-refractivity contribution in [1.82, 2.24) is 20.1 Å². The first-order valence-corrected chi connectivity index (χ1v) is 11.6. The Bertz CT molecular complexity index is 1260. The van der Waals surface area contributed by atoms with Gasteiger partial charge in [-0.05, 0) is 55.3 Å². The summed E-state index contributed by atoms with van der Waals surface area (Å²) < 4.78 is 99.6. The number of hydrogen-bond donors (Lipinski definition) is 1. The van der Waals surface area contributed by atoms with Crippen LogP contribution in [0.3, 0.4) is 0 Å². The number of aromatic nitrogens is 3. The highest BCUT2D eigenvalue weighted by Crippen LogP contribution is 2.39. The van der Waals surface area contributed by atoms with Gasteiger partial charge in [0.2, 0.25) is 5.91 Å². The van der Waals surface area contributed by atoms with Crippen LogP contribution >= 0.6 is 0 Å². The maximum absolute atomic E-state index is 13.5. The molecule has 1 fully saturated rings. The second-order valence-corrected chi connectivity index (χ2v) is 9.13. The fourth-order valence-corrected chi connectivity index (χ4v) is 4.42. The number of hydrogen-bond acceptors (Lipinski definition) is 4. The van der Waals surface area contributed by atoms with Gasteiger partial charge in [0.25, 0.3) is 0 Å². The third kappa shape index (κ3) is 6.32. The number of amides is 1. The summed E-state index contributed by atoms with van der Waals surface area (Å²) in [6.45, 7) is 3.17. The standard InChI is InChI=1S/C25H23F7N4O2/c1-13(16-7-17(24(27,28)29)9-18(8-16)25(30,31)32)38-21-12-36(23(37)10-22-33-14(2)34-35-22)11-20(21)15-3-5-19(26)6-4-15/h3-9,13,20-21H,10-12H2,1-2H3,(H,33,34,35). The summed E-state index contributed by atoms with van der Waals surface area (Å²) in [4.78, 5) is 18.5. The number of alkyl halides is 6. The number of aryl methyl sites for hydroxylation is 1. The average molecular weight is 544 g/mol. The van der Waals surface area contributed by atoms with Crippen LogP contribution in [0.15, 0.2) is 42.5 Å². The van der Waals surface area contributed by atoms with E-state index in [9.17, 15) is 35.5 Å². The molecule has 1 aliphatic heterocycles. The Hall–Kier alpha value is -3.48. The van der Waals surface area contributed by atoms with Crippen LogP contribution in [-0.4, -0.2) is 45.2 Å². The number of carbonyl (C=O) groups is 1. The highest BCUT2D eigenvalue weighted by atomic mass is 19.4. The molecule has 4 rings (SSSR count). The van der Waals surface area contributed by atoms with Crippen LogP contribution in [0.25, 0.3) is 0 Å². The van der Waals surface area contributed by atoms with Gasteiger partial charge in [-0.1, -0.05) is 12.1 Å². The lowest BCUT2D eigenvalue weighted by Gasteiger charge is -2.25. The number of likely N-dealkylation sites (tertiary alicyclic amines) is 1. The van der Waals surface area contributed by atoms with Gasteiger partial charge in [0.15, 0.2) is 5.82 Å². The van der Waals surface area contributed by atoms with Crippen LogP contribution in [0, 0.1) is 12.7 Å². The number of halogens is 7. The molecule has 3 atom stereocenters. The maximum Gasteiger partial charge on any atom is 0.416 e. The van der Waals surface area contributed by atoms with Crippen molar-refractivity contribution in [2.75, 3.05) is 13.1 Å². The van der Waals surface area contributed by atoms with Gasteiger partial charge in [-0.15, -0.1) is 0 Å². The van der Waals surface area contributed by atoms with Gasteiger partial charge in [-0.25, -0.2) is 9.37 Å². The molecule has 1 aromatic heterocycles. The number of aromatic amines is 1. The van der Waals surface area contributed by atoms with E-state index in [0.29, 0.717) is 23.5 Å². The first-order chi connectivity index (χ1) is 17.7. The molecular weight excluding hydrogens is 521 g/mol. The number of H-pyrrole nitrogens is 1. The molecule has 1 aliphatic rings. The van der Waals surface area contributed by atoms with Crippen molar-refractivity contribution in [3.63, 3.8) is 0 Å². The molecule has 1 saturated heterocycles. The summed E-state index contributed by atoms with van der Waals surface area (Å²) >= 11 is 0. The fraction of sp³-hybridized carbons (Fsp3) is 0.400. The van der Waals surface area contributed by atoms with Crippen LogP contribution in [-0.2, 0) is 28.3 Å². The molecule has 38 heavy (non-hydrogen) atoms. The van der Waals surface area contributed by atoms with E-state index in [1.807, 2.05) is 0 Å². The molecule has 0 spiro atoms. The van der Waals surface area contributed by atoms with E-state index in [4.69, 9.17) is 4.74 Å². The first-order valence-electron chi connectivity index (χ1n) is 11.6. The predicted octanol–water partition coefficient (Wildman–Crippen LogP) is 5.60. The first kappa shape index (κ1) is 27.6. The van der Waals surface area contributed by atoms with Crippen LogP contribution in [0.5, 0.6) is 0 Å². The molecule has 2 aromatic carbocycles. The molecule has 1 N–H and O–H groups in total. The Balaban J connectivity index is 1.61. The number of nitrogens with one attached hydrogen (secondary N) is 1. The molecule has 0 bridgehead atoms. The summed E-state index contributed by atoms with van der Waals surface area (Å²) in [6, 6.07) is 6.74. The molecule has 0 radical (unpaired) electrons. The minimum atomic E-state index is -5.00. The van der Waals surface area contributed by atoms with Crippen LogP contribution < -0.4 is 0 Å². The van der Waals surface area contributed by atoms with E-state index in [1.165, 1.54) is 36.1 Å². The zero-order chi connectivity index (χ0) is 27.8. The van der Waals surface area contributed by atoms with Gasteiger partial charge in [0.05, 0.1) is 29.8 Å². The molecule has 6 nitrogen and oxygen atoms in total. The Morgan fingerprint density at radius 1 is 1.05 bits per heavy atom. The van der Waals surface area contributed by atoms with Crippen molar-refractivity contribution >= 4 is 5.91 Å².